The molecule has 0 aliphatic carbocycles. The summed E-state index contributed by atoms with van der Waals surface area (Å²) in [4.78, 5) is 7.55. The smallest absolute Gasteiger partial charge is 0.339 e. The molecular formula is C24H18ClN3O4S. The minimum atomic E-state index is -4.09. The van der Waals surface area contributed by atoms with Crippen LogP contribution in [0.3, 0.4) is 0 Å². The van der Waals surface area contributed by atoms with E-state index in [1.165, 1.54) is 30.3 Å². The second kappa shape index (κ2) is 9.36. The average molecular weight is 480 g/mol. The van der Waals surface area contributed by atoms with Crippen molar-refractivity contribution in [3.63, 3.8) is 0 Å². The molecule has 4 aromatic rings. The summed E-state index contributed by atoms with van der Waals surface area (Å²) < 4.78 is 36.2. The van der Waals surface area contributed by atoms with Gasteiger partial charge in [-0.25, -0.2) is 4.98 Å². The number of hydrogen-bond donors (Lipinski definition) is 1. The van der Waals surface area contributed by atoms with Crippen molar-refractivity contribution >= 4 is 44.4 Å². The van der Waals surface area contributed by atoms with Crippen LogP contribution in [0.1, 0.15) is 18.3 Å². The molecule has 0 saturated heterocycles. The van der Waals surface area contributed by atoms with Crippen LogP contribution in [0.4, 0.5) is 0 Å². The fourth-order valence-corrected chi connectivity index (χ4v) is 4.19. The first-order chi connectivity index (χ1) is 15.9. The van der Waals surface area contributed by atoms with Gasteiger partial charge in [-0.1, -0.05) is 29.8 Å². The molecule has 0 radical (unpaired) electrons. The van der Waals surface area contributed by atoms with Crippen LogP contribution in [0, 0.1) is 11.3 Å². The highest BCUT2D eigenvalue weighted by atomic mass is 35.5. The molecule has 1 heterocycles. The number of fused-ring (bicyclic) bond motifs is 1. The number of nitrogens with zero attached hydrogens (tertiary/aromatic N) is 2. The molecule has 0 atom stereocenters. The summed E-state index contributed by atoms with van der Waals surface area (Å²) in [7, 11) is -4.09. The number of nitrogens with one attached hydrogen (secondary N) is 1. The fraction of sp³-hybridized carbons (Fsp3) is 0.0833. The summed E-state index contributed by atoms with van der Waals surface area (Å²) in [6, 6.07) is 20.0. The Kier molecular flexibility index (Phi) is 6.36. The number of hydrogen-bond acceptors (Lipinski definition) is 6. The second-order valence-electron chi connectivity index (χ2n) is 6.90. The third-order valence-electron chi connectivity index (χ3n) is 4.65. The molecular weight excluding hydrogens is 462 g/mol. The summed E-state index contributed by atoms with van der Waals surface area (Å²) >= 11 is 5.84. The number of nitriles is 1. The Labute approximate surface area is 196 Å². The standard InChI is InChI=1S/C24H18ClN3O4S/c1-2-31-23-14-16(13-17(15-26)24-27-20-5-3-4-6-21(20)28-24)7-12-22(23)32-33(29,30)19-10-8-18(25)9-11-19/h3-14H,2H2,1H3,(H,27,28)/b17-13+. The molecule has 3 aromatic carbocycles. The minimum absolute atomic E-state index is 0.0324. The normalized spacial score (nSPS) is 11.8. The van der Waals surface area contributed by atoms with Crippen molar-refractivity contribution in [2.45, 2.75) is 11.8 Å². The average Bonchev–Trinajstić information content (AvgIpc) is 3.23. The van der Waals surface area contributed by atoms with Gasteiger partial charge < -0.3 is 13.9 Å². The summed E-state index contributed by atoms with van der Waals surface area (Å²) in [5.74, 6) is 0.694. The van der Waals surface area contributed by atoms with E-state index in [-0.39, 0.29) is 16.4 Å². The Morgan fingerprint density at radius 2 is 1.88 bits per heavy atom. The van der Waals surface area contributed by atoms with E-state index in [2.05, 4.69) is 16.0 Å². The van der Waals surface area contributed by atoms with Crippen LogP contribution in [-0.2, 0) is 10.1 Å². The van der Waals surface area contributed by atoms with E-state index in [0.717, 1.165) is 11.0 Å². The first-order valence-corrected chi connectivity index (χ1v) is 11.7. The van der Waals surface area contributed by atoms with Crippen molar-refractivity contribution in [1.82, 2.24) is 9.97 Å². The third kappa shape index (κ3) is 5.00. The van der Waals surface area contributed by atoms with Crippen molar-refractivity contribution < 1.29 is 17.3 Å². The van der Waals surface area contributed by atoms with Crippen LogP contribution in [0.2, 0.25) is 5.02 Å². The minimum Gasteiger partial charge on any atom is -0.490 e. The van der Waals surface area contributed by atoms with Gasteiger partial charge in [0.1, 0.15) is 16.8 Å². The maximum atomic E-state index is 12.7. The van der Waals surface area contributed by atoms with Gasteiger partial charge in [-0.2, -0.15) is 13.7 Å². The number of aromatic amines is 1. The largest absolute Gasteiger partial charge is 0.490 e. The predicted octanol–water partition coefficient (Wildman–Crippen LogP) is 5.45. The molecule has 7 nitrogen and oxygen atoms in total. The van der Waals surface area contributed by atoms with Crippen LogP contribution in [0.5, 0.6) is 11.5 Å². The molecule has 166 valence electrons. The molecule has 0 amide bonds. The maximum absolute atomic E-state index is 12.7. The molecule has 4 rings (SSSR count). The molecule has 9 heteroatoms. The Balaban J connectivity index is 1.67. The lowest BCUT2D eigenvalue weighted by molar-refractivity contribution is 0.327. The van der Waals surface area contributed by atoms with Gasteiger partial charge in [0.25, 0.3) is 0 Å². The highest BCUT2D eigenvalue weighted by molar-refractivity contribution is 7.87. The van der Waals surface area contributed by atoms with Crippen LogP contribution in [-0.4, -0.2) is 25.0 Å². The van der Waals surface area contributed by atoms with E-state index >= 15 is 0 Å². The van der Waals surface area contributed by atoms with E-state index in [1.807, 2.05) is 24.3 Å². The van der Waals surface area contributed by atoms with Crippen LogP contribution in [0.15, 0.2) is 71.6 Å². The number of para-hydroxylation sites is 2. The molecule has 0 saturated carbocycles. The van der Waals surface area contributed by atoms with Crippen LogP contribution in [0.25, 0.3) is 22.7 Å². The zero-order valence-corrected chi connectivity index (χ0v) is 19.0. The Morgan fingerprint density at radius 3 is 2.58 bits per heavy atom. The first kappa shape index (κ1) is 22.4. The van der Waals surface area contributed by atoms with E-state index in [0.29, 0.717) is 28.6 Å². The molecule has 0 spiro atoms. The highest BCUT2D eigenvalue weighted by Gasteiger charge is 2.19. The Morgan fingerprint density at radius 1 is 1.12 bits per heavy atom. The Hall–Kier alpha value is -3.80. The predicted molar refractivity (Wildman–Crippen MR) is 126 cm³/mol. The van der Waals surface area contributed by atoms with Crippen molar-refractivity contribution in [2.75, 3.05) is 6.61 Å². The quantitative estimate of drug-likeness (QED) is 0.279. The van der Waals surface area contributed by atoms with E-state index in [1.54, 1.807) is 25.1 Å². The topological polar surface area (TPSA) is 105 Å². The van der Waals surface area contributed by atoms with Gasteiger partial charge in [0.15, 0.2) is 11.5 Å². The summed E-state index contributed by atoms with van der Waals surface area (Å²) in [6.45, 7) is 2.06. The zero-order valence-electron chi connectivity index (χ0n) is 17.4. The first-order valence-electron chi connectivity index (χ1n) is 9.93. The molecule has 0 aliphatic rings. The van der Waals surface area contributed by atoms with Gasteiger partial charge in [-0.05, 0) is 67.1 Å². The van der Waals surface area contributed by atoms with Gasteiger partial charge >= 0.3 is 10.1 Å². The molecule has 1 aromatic heterocycles. The summed E-state index contributed by atoms with van der Waals surface area (Å²) in [5, 5.41) is 10.1. The van der Waals surface area contributed by atoms with Crippen LogP contribution >= 0.6 is 11.6 Å². The molecule has 0 unspecified atom stereocenters. The number of imidazole rings is 1. The number of rotatable bonds is 7. The molecule has 33 heavy (non-hydrogen) atoms. The molecule has 0 aliphatic heterocycles. The van der Waals surface area contributed by atoms with Gasteiger partial charge in [0, 0.05) is 5.02 Å². The van der Waals surface area contributed by atoms with E-state index in [9.17, 15) is 13.7 Å². The molecule has 0 fully saturated rings. The number of halogens is 1. The number of H-pyrrole nitrogens is 1. The van der Waals surface area contributed by atoms with Gasteiger partial charge in [0.2, 0.25) is 0 Å². The molecule has 0 bridgehead atoms. The van der Waals surface area contributed by atoms with Crippen LogP contribution < -0.4 is 8.92 Å². The van der Waals surface area contributed by atoms with Gasteiger partial charge in [-0.15, -0.1) is 0 Å². The lowest BCUT2D eigenvalue weighted by Gasteiger charge is -2.13. The van der Waals surface area contributed by atoms with Crippen molar-refractivity contribution in [3.05, 3.63) is 83.1 Å². The molecule has 1 N–H and O–H groups in total. The number of ether oxygens (including phenoxy) is 1. The number of aromatic nitrogens is 2. The second-order valence-corrected chi connectivity index (χ2v) is 8.89. The SMILES string of the molecule is CCOc1cc(/C=C(\C#N)c2nc3ccccc3[nH]2)ccc1OS(=O)(=O)c1ccc(Cl)cc1. The Bertz CT molecular complexity index is 1450. The van der Waals surface area contributed by atoms with Gasteiger partial charge in [0.05, 0.1) is 23.2 Å². The summed E-state index contributed by atoms with van der Waals surface area (Å²) in [5.41, 5.74) is 2.50. The lowest BCUT2D eigenvalue weighted by Crippen LogP contribution is -2.10. The number of allylic oxidation sites excluding steroid dienone is 1. The fourth-order valence-electron chi connectivity index (χ4n) is 3.12. The lowest BCUT2D eigenvalue weighted by atomic mass is 10.1. The van der Waals surface area contributed by atoms with Crippen molar-refractivity contribution in [3.8, 4) is 17.6 Å². The highest BCUT2D eigenvalue weighted by Crippen LogP contribution is 2.32. The van der Waals surface area contributed by atoms with E-state index < -0.39 is 10.1 Å². The summed E-state index contributed by atoms with van der Waals surface area (Å²) in [6.07, 6.45) is 1.64. The van der Waals surface area contributed by atoms with Gasteiger partial charge in [-0.3, -0.25) is 0 Å². The van der Waals surface area contributed by atoms with Crippen molar-refractivity contribution in [1.29, 1.82) is 5.26 Å². The van der Waals surface area contributed by atoms with Crippen molar-refractivity contribution in [2.24, 2.45) is 0 Å². The maximum Gasteiger partial charge on any atom is 0.339 e. The number of benzene rings is 3. The third-order valence-corrected chi connectivity index (χ3v) is 6.15. The van der Waals surface area contributed by atoms with E-state index in [4.69, 9.17) is 20.5 Å². The monoisotopic (exact) mass is 479 g/mol. The zero-order chi connectivity index (χ0) is 23.4.